The summed E-state index contributed by atoms with van der Waals surface area (Å²) in [6.07, 6.45) is 2.64. The number of unbranched alkanes of at least 4 members (excludes halogenated alkanes) is 1. The largest absolute Gasteiger partial charge is 0.478 e. The Morgan fingerprint density at radius 2 is 1.96 bits per heavy atom. The Balaban J connectivity index is 1.73. The molecule has 7 nitrogen and oxygen atoms in total. The molecule has 0 radical (unpaired) electrons. The Morgan fingerprint density at radius 3 is 2.67 bits per heavy atom. The molecule has 0 aliphatic rings. The zero-order valence-electron chi connectivity index (χ0n) is 14.8. The fourth-order valence-electron chi connectivity index (χ4n) is 2.28. The zero-order valence-corrected chi connectivity index (χ0v) is 15.6. The number of carbonyl (C=O) groups is 1. The van der Waals surface area contributed by atoms with E-state index in [9.17, 15) is 4.79 Å². The second-order valence-electron chi connectivity index (χ2n) is 5.79. The third-order valence-corrected chi connectivity index (χ3v) is 4.65. The molecule has 0 bridgehead atoms. The molecule has 0 saturated heterocycles. The first-order valence-electron chi connectivity index (χ1n) is 8.59. The van der Waals surface area contributed by atoms with Crippen LogP contribution < -0.4 is 5.43 Å². The van der Waals surface area contributed by atoms with Gasteiger partial charge in [0.25, 0.3) is 0 Å². The minimum atomic E-state index is -0.960. The number of carboxylic acids is 1. The van der Waals surface area contributed by atoms with Crippen LogP contribution in [0.3, 0.4) is 0 Å². The van der Waals surface area contributed by atoms with Gasteiger partial charge in [-0.1, -0.05) is 36.8 Å². The Hall–Kier alpha value is -3.13. The van der Waals surface area contributed by atoms with E-state index in [4.69, 9.17) is 5.11 Å². The predicted octanol–water partition coefficient (Wildman–Crippen LogP) is 5.69. The summed E-state index contributed by atoms with van der Waals surface area (Å²) >= 11 is 1.48. The lowest BCUT2D eigenvalue weighted by atomic mass is 10.2. The number of benzene rings is 2. The van der Waals surface area contributed by atoms with Crippen molar-refractivity contribution in [2.75, 3.05) is 5.43 Å². The van der Waals surface area contributed by atoms with E-state index in [1.54, 1.807) is 12.1 Å². The summed E-state index contributed by atoms with van der Waals surface area (Å²) in [4.78, 5) is 15.3. The Labute approximate surface area is 160 Å². The van der Waals surface area contributed by atoms with E-state index in [1.807, 2.05) is 24.3 Å². The van der Waals surface area contributed by atoms with E-state index in [1.165, 1.54) is 23.5 Å². The number of para-hydroxylation sites is 1. The highest BCUT2D eigenvalue weighted by molar-refractivity contribution is 7.21. The maximum atomic E-state index is 10.9. The molecule has 0 atom stereocenters. The van der Waals surface area contributed by atoms with Crippen molar-refractivity contribution < 1.29 is 9.90 Å². The van der Waals surface area contributed by atoms with Gasteiger partial charge >= 0.3 is 5.97 Å². The number of carboxylic acid groups (broad SMARTS) is 1. The van der Waals surface area contributed by atoms with Crippen LogP contribution in [0.4, 0.5) is 10.8 Å². The number of hydrogen-bond donors (Lipinski definition) is 2. The summed E-state index contributed by atoms with van der Waals surface area (Å²) in [6.45, 7) is 2.10. The van der Waals surface area contributed by atoms with Gasteiger partial charge in [0, 0.05) is 6.42 Å². The van der Waals surface area contributed by atoms with Crippen LogP contribution in [0, 0.1) is 0 Å². The topological polar surface area (TPSA) is 99.3 Å². The zero-order chi connectivity index (χ0) is 19.1. The van der Waals surface area contributed by atoms with E-state index in [-0.39, 0.29) is 5.56 Å². The number of nitrogens with zero attached hydrogens (tertiary/aromatic N) is 4. The lowest BCUT2D eigenvalue weighted by Crippen LogP contribution is -2.00. The summed E-state index contributed by atoms with van der Waals surface area (Å²) < 4.78 is 1.06. The fraction of sp³-hybridized carbons (Fsp3) is 0.211. The molecule has 3 aromatic rings. The van der Waals surface area contributed by atoms with Gasteiger partial charge in [0.15, 0.2) is 5.84 Å². The smallest absolute Gasteiger partial charge is 0.335 e. The van der Waals surface area contributed by atoms with E-state index in [2.05, 4.69) is 32.7 Å². The van der Waals surface area contributed by atoms with Gasteiger partial charge in [-0.3, -0.25) is 5.43 Å². The van der Waals surface area contributed by atoms with Gasteiger partial charge in [0.05, 0.1) is 21.5 Å². The number of nitrogens with one attached hydrogen (secondary N) is 1. The van der Waals surface area contributed by atoms with E-state index in [0.29, 0.717) is 23.1 Å². The summed E-state index contributed by atoms with van der Waals surface area (Å²) in [5, 5.41) is 22.3. The standard InChI is InChI=1S/C19H19N5O2S/c1-2-3-8-17(22-21-14-11-9-13(10-12-14)18(25)26)23-24-19-20-15-6-4-5-7-16(15)27-19/h4-7,9-12,21H,2-3,8H2,1H3,(H,25,26). The molecule has 1 heterocycles. The monoisotopic (exact) mass is 381 g/mol. The van der Waals surface area contributed by atoms with Crippen molar-refractivity contribution in [1.82, 2.24) is 4.98 Å². The Bertz CT molecular complexity index is 946. The first-order valence-corrected chi connectivity index (χ1v) is 9.40. The van der Waals surface area contributed by atoms with Crippen LogP contribution in [0.1, 0.15) is 36.5 Å². The lowest BCUT2D eigenvalue weighted by molar-refractivity contribution is 0.0697. The van der Waals surface area contributed by atoms with Crippen LogP contribution in [0.5, 0.6) is 0 Å². The summed E-state index contributed by atoms with van der Waals surface area (Å²) in [7, 11) is 0. The third-order valence-electron chi connectivity index (χ3n) is 3.73. The maximum absolute atomic E-state index is 10.9. The highest BCUT2D eigenvalue weighted by atomic mass is 32.1. The second kappa shape index (κ2) is 9.00. The predicted molar refractivity (Wildman–Crippen MR) is 108 cm³/mol. The van der Waals surface area contributed by atoms with Crippen LogP contribution in [-0.2, 0) is 0 Å². The van der Waals surface area contributed by atoms with Gasteiger partial charge in [0.2, 0.25) is 5.13 Å². The molecule has 0 spiro atoms. The van der Waals surface area contributed by atoms with Gasteiger partial charge in [-0.25, -0.2) is 9.78 Å². The van der Waals surface area contributed by atoms with Crippen LogP contribution >= 0.6 is 11.3 Å². The first-order chi connectivity index (χ1) is 13.2. The minimum absolute atomic E-state index is 0.228. The summed E-state index contributed by atoms with van der Waals surface area (Å²) in [5.74, 6) is -0.392. The fourth-order valence-corrected chi connectivity index (χ4v) is 3.07. The summed E-state index contributed by atoms with van der Waals surface area (Å²) in [6, 6.07) is 14.2. The van der Waals surface area contributed by atoms with Crippen molar-refractivity contribution in [1.29, 1.82) is 0 Å². The van der Waals surface area contributed by atoms with Crippen molar-refractivity contribution in [2.24, 2.45) is 15.3 Å². The van der Waals surface area contributed by atoms with Crippen LogP contribution in [0.2, 0.25) is 0 Å². The molecule has 2 aromatic carbocycles. The third kappa shape index (κ3) is 5.18. The maximum Gasteiger partial charge on any atom is 0.335 e. The molecule has 0 saturated carbocycles. The Morgan fingerprint density at radius 1 is 1.19 bits per heavy atom. The van der Waals surface area contributed by atoms with Gasteiger partial charge in [-0.2, -0.15) is 5.10 Å². The highest BCUT2D eigenvalue weighted by Crippen LogP contribution is 2.27. The quantitative estimate of drug-likeness (QED) is 0.237. The lowest BCUT2D eigenvalue weighted by Gasteiger charge is -2.03. The average Bonchev–Trinajstić information content (AvgIpc) is 3.10. The molecule has 3 rings (SSSR count). The number of azo groups is 1. The number of thiazole rings is 1. The highest BCUT2D eigenvalue weighted by Gasteiger charge is 2.04. The molecule has 27 heavy (non-hydrogen) atoms. The summed E-state index contributed by atoms with van der Waals surface area (Å²) in [5.41, 5.74) is 4.72. The molecule has 0 aliphatic carbocycles. The molecule has 1 aromatic heterocycles. The molecule has 0 amide bonds. The number of rotatable bonds is 7. The van der Waals surface area contributed by atoms with Crippen molar-refractivity contribution in [3.63, 3.8) is 0 Å². The van der Waals surface area contributed by atoms with Crippen molar-refractivity contribution in [2.45, 2.75) is 26.2 Å². The van der Waals surface area contributed by atoms with Gasteiger partial charge in [-0.05, 0) is 42.8 Å². The number of hydrogen-bond acceptors (Lipinski definition) is 6. The number of anilines is 1. The van der Waals surface area contributed by atoms with Crippen molar-refractivity contribution in [3.05, 3.63) is 54.1 Å². The number of amidine groups is 1. The number of fused-ring (bicyclic) bond motifs is 1. The van der Waals surface area contributed by atoms with E-state index < -0.39 is 5.97 Å². The number of aromatic carboxylic acids is 1. The number of aromatic nitrogens is 1. The van der Waals surface area contributed by atoms with Gasteiger partial charge in [0.1, 0.15) is 0 Å². The van der Waals surface area contributed by atoms with Crippen molar-refractivity contribution in [3.8, 4) is 0 Å². The van der Waals surface area contributed by atoms with Crippen LogP contribution in [-0.4, -0.2) is 21.9 Å². The molecule has 0 fully saturated rings. The second-order valence-corrected chi connectivity index (χ2v) is 6.80. The molecular formula is C19H19N5O2S. The first kappa shape index (κ1) is 18.7. The van der Waals surface area contributed by atoms with E-state index in [0.717, 1.165) is 23.1 Å². The van der Waals surface area contributed by atoms with Gasteiger partial charge in [-0.15, -0.1) is 10.2 Å². The van der Waals surface area contributed by atoms with Gasteiger partial charge < -0.3 is 5.11 Å². The number of hydrazone groups is 1. The van der Waals surface area contributed by atoms with Crippen LogP contribution in [0.15, 0.2) is 63.9 Å². The van der Waals surface area contributed by atoms with E-state index >= 15 is 0 Å². The molecule has 8 heteroatoms. The normalized spacial score (nSPS) is 12.0. The van der Waals surface area contributed by atoms with Crippen molar-refractivity contribution >= 4 is 44.2 Å². The van der Waals surface area contributed by atoms with Crippen LogP contribution in [0.25, 0.3) is 10.2 Å². The molecule has 138 valence electrons. The average molecular weight is 381 g/mol. The molecular weight excluding hydrogens is 362 g/mol. The Kier molecular flexibility index (Phi) is 6.22. The molecule has 0 aliphatic heterocycles. The molecule has 2 N–H and O–H groups in total. The molecule has 0 unspecified atom stereocenters. The SMILES string of the molecule is CCCCC(N=Nc1nc2ccccc2s1)=NNc1ccc(C(=O)O)cc1. The minimum Gasteiger partial charge on any atom is -0.478 e.